The fourth-order valence-corrected chi connectivity index (χ4v) is 1.37. The average Bonchev–Trinajstić information content (AvgIpc) is 2.19. The Bertz CT molecular complexity index is 136. The molecule has 0 heterocycles. The van der Waals surface area contributed by atoms with Gasteiger partial charge in [-0.05, 0) is 19.8 Å². The predicted octanol–water partition coefficient (Wildman–Crippen LogP) is -0.335. The minimum absolute atomic E-state index is 0.0775. The molecule has 6 heteroatoms. The molecular weight excluding hydrogens is 199 g/mol. The highest BCUT2D eigenvalue weighted by Gasteiger charge is 2.19. The molecule has 90 valence electrons. The Kier molecular flexibility index (Phi) is 9.04. The van der Waals surface area contributed by atoms with Gasteiger partial charge in [0.1, 0.15) is 0 Å². The maximum absolute atomic E-state index is 8.44. The summed E-state index contributed by atoms with van der Waals surface area (Å²) >= 11 is 0. The first-order valence-corrected chi connectivity index (χ1v) is 5.36. The van der Waals surface area contributed by atoms with Crippen LogP contribution in [0.1, 0.15) is 39.0 Å². The monoisotopic (exact) mass is 220 g/mol. The predicted molar refractivity (Wildman–Crippen MR) is 56.9 cm³/mol. The van der Waals surface area contributed by atoms with E-state index in [1.807, 2.05) is 0 Å². The van der Waals surface area contributed by atoms with Crippen LogP contribution in [0, 0.1) is 0 Å². The van der Waals surface area contributed by atoms with E-state index in [9.17, 15) is 0 Å². The molecule has 1 aliphatic carbocycles. The molecule has 4 N–H and O–H groups in total. The third-order valence-electron chi connectivity index (χ3n) is 2.13. The molecule has 1 saturated carbocycles. The van der Waals surface area contributed by atoms with Gasteiger partial charge in [-0.1, -0.05) is 19.3 Å². The van der Waals surface area contributed by atoms with Crippen LogP contribution in [-0.4, -0.2) is 46.4 Å². The van der Waals surface area contributed by atoms with Gasteiger partial charge in [0.15, 0.2) is 0 Å². The van der Waals surface area contributed by atoms with Crippen LogP contribution >= 0.6 is 0 Å². The summed E-state index contributed by atoms with van der Waals surface area (Å²) in [7, 11) is -1.58. The summed E-state index contributed by atoms with van der Waals surface area (Å²) in [4.78, 5) is 0. The lowest BCUT2D eigenvalue weighted by Gasteiger charge is -2.21. The topological polar surface area (TPSA) is 90.2 Å². The van der Waals surface area contributed by atoms with Crippen molar-refractivity contribution >= 4 is 7.32 Å². The maximum atomic E-state index is 8.44. The van der Waals surface area contributed by atoms with Crippen molar-refractivity contribution in [1.82, 2.24) is 0 Å². The highest BCUT2D eigenvalue weighted by Crippen LogP contribution is 2.19. The molecular formula is C9H21BO5. The zero-order chi connectivity index (χ0) is 11.7. The van der Waals surface area contributed by atoms with Gasteiger partial charge in [0.2, 0.25) is 0 Å². The van der Waals surface area contributed by atoms with E-state index in [-0.39, 0.29) is 12.7 Å². The van der Waals surface area contributed by atoms with Crippen LogP contribution in [0.4, 0.5) is 0 Å². The van der Waals surface area contributed by atoms with E-state index in [1.54, 1.807) is 0 Å². The summed E-state index contributed by atoms with van der Waals surface area (Å²) in [6, 6.07) is 0. The van der Waals surface area contributed by atoms with E-state index in [4.69, 9.17) is 24.9 Å². The Morgan fingerprint density at radius 3 is 2.07 bits per heavy atom. The van der Waals surface area contributed by atoms with Gasteiger partial charge in [0, 0.05) is 6.10 Å². The Balaban J connectivity index is 0.000000336. The van der Waals surface area contributed by atoms with Crippen LogP contribution in [-0.2, 0) is 4.65 Å². The standard InChI is InChI=1S/C6H13BO3.C3H8O2/c8-7(9)10-6-4-2-1-3-5-6;1-3(5)2-4/h6,8-9H,1-5H2;3-5H,2H2,1H3. The molecule has 5 nitrogen and oxygen atoms in total. The van der Waals surface area contributed by atoms with E-state index in [1.165, 1.54) is 13.3 Å². The van der Waals surface area contributed by atoms with Crippen LogP contribution in [0.25, 0.3) is 0 Å². The average molecular weight is 220 g/mol. The number of hydrogen-bond donors (Lipinski definition) is 4. The summed E-state index contributed by atoms with van der Waals surface area (Å²) in [6.07, 6.45) is 5.01. The molecule has 0 aromatic heterocycles. The molecule has 0 aliphatic heterocycles. The van der Waals surface area contributed by atoms with Crippen molar-refractivity contribution in [1.29, 1.82) is 0 Å². The molecule has 1 atom stereocenters. The van der Waals surface area contributed by atoms with Gasteiger partial charge in [-0.15, -0.1) is 0 Å². The van der Waals surface area contributed by atoms with Crippen molar-refractivity contribution in [2.45, 2.75) is 51.2 Å². The smallest absolute Gasteiger partial charge is 0.402 e. The first kappa shape index (κ1) is 14.9. The normalized spacial score (nSPS) is 19.0. The van der Waals surface area contributed by atoms with Gasteiger partial charge in [-0.25, -0.2) is 0 Å². The third kappa shape index (κ3) is 10.2. The molecule has 0 aromatic carbocycles. The second kappa shape index (κ2) is 9.12. The van der Waals surface area contributed by atoms with Crippen molar-refractivity contribution in [3.8, 4) is 0 Å². The van der Waals surface area contributed by atoms with Crippen LogP contribution < -0.4 is 0 Å². The molecule has 1 fully saturated rings. The highest BCUT2D eigenvalue weighted by atomic mass is 16.6. The fraction of sp³-hybridized carbons (Fsp3) is 1.00. The van der Waals surface area contributed by atoms with Crippen molar-refractivity contribution in [2.24, 2.45) is 0 Å². The third-order valence-corrected chi connectivity index (χ3v) is 2.13. The van der Waals surface area contributed by atoms with E-state index in [0.717, 1.165) is 25.7 Å². The van der Waals surface area contributed by atoms with Crippen LogP contribution in [0.15, 0.2) is 0 Å². The molecule has 0 spiro atoms. The largest absolute Gasteiger partial charge is 0.634 e. The molecule has 0 aromatic rings. The quantitative estimate of drug-likeness (QED) is 0.489. The van der Waals surface area contributed by atoms with E-state index in [0.29, 0.717) is 0 Å². The molecule has 1 aliphatic rings. The summed E-state index contributed by atoms with van der Waals surface area (Å²) in [5, 5.41) is 32.9. The molecule has 1 unspecified atom stereocenters. The zero-order valence-corrected chi connectivity index (χ0v) is 9.17. The van der Waals surface area contributed by atoms with Crippen LogP contribution in [0.5, 0.6) is 0 Å². The Hall–Kier alpha value is -0.135. The maximum Gasteiger partial charge on any atom is 0.634 e. The first-order chi connectivity index (χ1) is 7.06. The van der Waals surface area contributed by atoms with Crippen LogP contribution in [0.2, 0.25) is 0 Å². The molecule has 0 bridgehead atoms. The lowest BCUT2D eigenvalue weighted by Crippen LogP contribution is -2.27. The fourth-order valence-electron chi connectivity index (χ4n) is 1.37. The second-order valence-corrected chi connectivity index (χ2v) is 3.75. The van der Waals surface area contributed by atoms with Crippen LogP contribution in [0.3, 0.4) is 0 Å². The Morgan fingerprint density at radius 1 is 1.27 bits per heavy atom. The molecule has 1 rings (SSSR count). The molecule has 0 amide bonds. The molecule has 0 saturated heterocycles. The summed E-state index contributed by atoms with van der Waals surface area (Å²) in [6.45, 7) is 1.39. The second-order valence-electron chi connectivity index (χ2n) is 3.75. The minimum Gasteiger partial charge on any atom is -0.402 e. The van der Waals surface area contributed by atoms with Gasteiger partial charge in [-0.3, -0.25) is 0 Å². The Morgan fingerprint density at radius 2 is 1.73 bits per heavy atom. The van der Waals surface area contributed by atoms with Gasteiger partial charge < -0.3 is 24.9 Å². The van der Waals surface area contributed by atoms with Gasteiger partial charge >= 0.3 is 7.32 Å². The lowest BCUT2D eigenvalue weighted by atomic mass is 9.97. The number of hydrogen-bond acceptors (Lipinski definition) is 5. The lowest BCUT2D eigenvalue weighted by molar-refractivity contribution is 0.0899. The Labute approximate surface area is 90.9 Å². The highest BCUT2D eigenvalue weighted by molar-refractivity contribution is 6.32. The van der Waals surface area contributed by atoms with Crippen molar-refractivity contribution in [3.05, 3.63) is 0 Å². The number of rotatable bonds is 3. The van der Waals surface area contributed by atoms with Crippen molar-refractivity contribution < 1.29 is 24.9 Å². The summed E-state index contributed by atoms with van der Waals surface area (Å²) < 4.78 is 4.80. The van der Waals surface area contributed by atoms with Crippen molar-refractivity contribution in [2.75, 3.05) is 6.61 Å². The van der Waals surface area contributed by atoms with Gasteiger partial charge in [-0.2, -0.15) is 0 Å². The zero-order valence-electron chi connectivity index (χ0n) is 9.17. The SMILES string of the molecule is CC(O)CO.OB(O)OC1CCCCC1. The van der Waals surface area contributed by atoms with Gasteiger partial charge in [0.05, 0.1) is 12.7 Å². The van der Waals surface area contributed by atoms with E-state index >= 15 is 0 Å². The molecule has 0 radical (unpaired) electrons. The minimum atomic E-state index is -1.58. The van der Waals surface area contributed by atoms with E-state index < -0.39 is 13.4 Å². The summed E-state index contributed by atoms with van der Waals surface area (Å²) in [5.74, 6) is 0. The first-order valence-electron chi connectivity index (χ1n) is 5.36. The number of aliphatic hydroxyl groups is 2. The van der Waals surface area contributed by atoms with Gasteiger partial charge in [0.25, 0.3) is 0 Å². The van der Waals surface area contributed by atoms with E-state index in [2.05, 4.69) is 0 Å². The van der Waals surface area contributed by atoms with Crippen molar-refractivity contribution in [3.63, 3.8) is 0 Å². The summed E-state index contributed by atoms with van der Waals surface area (Å²) in [5.41, 5.74) is 0. The number of aliphatic hydroxyl groups excluding tert-OH is 2. The molecule has 15 heavy (non-hydrogen) atoms.